The van der Waals surface area contributed by atoms with Gasteiger partial charge in [-0.3, -0.25) is 14.6 Å². The summed E-state index contributed by atoms with van der Waals surface area (Å²) in [5.74, 6) is -0.0924. The number of rotatable bonds is 4. The van der Waals surface area contributed by atoms with Crippen LogP contribution in [-0.2, 0) is 19.5 Å². The minimum atomic E-state index is -0.100. The van der Waals surface area contributed by atoms with Gasteiger partial charge < -0.3 is 9.80 Å². The summed E-state index contributed by atoms with van der Waals surface area (Å²) in [4.78, 5) is 33.5. The molecule has 1 aromatic carbocycles. The van der Waals surface area contributed by atoms with Gasteiger partial charge >= 0.3 is 0 Å². The minimum Gasteiger partial charge on any atom is -0.334 e. The molecule has 5 rings (SSSR count). The summed E-state index contributed by atoms with van der Waals surface area (Å²) in [6.07, 6.45) is 7.68. The standard InChI is InChI=1S/C23H24N6O2/c30-22(18-7-10-24-11-8-18)29-12-3-6-20(29)15-28-16-21(25-26-28)23(31)27-13-9-17-4-1-2-5-19(17)14-27/h1-2,4-5,7-8,10-11,16,20H,3,6,9,12-15H2. The van der Waals surface area contributed by atoms with Crippen molar-refractivity contribution in [1.82, 2.24) is 29.8 Å². The summed E-state index contributed by atoms with van der Waals surface area (Å²) in [6, 6.07) is 11.7. The van der Waals surface area contributed by atoms with E-state index in [0.717, 1.165) is 25.8 Å². The lowest BCUT2D eigenvalue weighted by molar-refractivity contribution is 0.0714. The summed E-state index contributed by atoms with van der Waals surface area (Å²) in [5, 5.41) is 8.31. The van der Waals surface area contributed by atoms with Gasteiger partial charge in [0, 0.05) is 37.6 Å². The van der Waals surface area contributed by atoms with Crippen LogP contribution in [0.5, 0.6) is 0 Å². The van der Waals surface area contributed by atoms with Gasteiger partial charge in [-0.2, -0.15) is 0 Å². The third-order valence-corrected chi connectivity index (χ3v) is 6.14. The van der Waals surface area contributed by atoms with Gasteiger partial charge in [0.1, 0.15) is 0 Å². The molecule has 1 fully saturated rings. The van der Waals surface area contributed by atoms with Crippen molar-refractivity contribution in [2.45, 2.75) is 38.4 Å². The molecule has 2 amide bonds. The number of hydrogen-bond donors (Lipinski definition) is 0. The fourth-order valence-corrected chi connectivity index (χ4v) is 4.49. The molecule has 8 heteroatoms. The number of carbonyl (C=O) groups excluding carboxylic acids is 2. The average molecular weight is 416 g/mol. The lowest BCUT2D eigenvalue weighted by Crippen LogP contribution is -2.38. The molecule has 4 heterocycles. The van der Waals surface area contributed by atoms with Crippen LogP contribution in [0.25, 0.3) is 0 Å². The molecule has 0 saturated carbocycles. The maximum absolute atomic E-state index is 13.0. The van der Waals surface area contributed by atoms with Crippen molar-refractivity contribution in [3.8, 4) is 0 Å². The van der Waals surface area contributed by atoms with Crippen LogP contribution in [0.3, 0.4) is 0 Å². The number of amides is 2. The van der Waals surface area contributed by atoms with Crippen LogP contribution < -0.4 is 0 Å². The second kappa shape index (κ2) is 8.29. The van der Waals surface area contributed by atoms with Crippen molar-refractivity contribution >= 4 is 11.8 Å². The number of benzene rings is 1. The molecule has 2 aliphatic rings. The SMILES string of the molecule is O=C(c1cn(CC2CCCN2C(=O)c2ccncc2)nn1)N1CCc2ccccc2C1. The van der Waals surface area contributed by atoms with Crippen LogP contribution in [-0.4, -0.2) is 60.7 Å². The van der Waals surface area contributed by atoms with E-state index in [9.17, 15) is 9.59 Å². The van der Waals surface area contributed by atoms with Gasteiger partial charge in [-0.15, -0.1) is 5.10 Å². The number of carbonyl (C=O) groups is 2. The molecule has 0 N–H and O–H groups in total. The second-order valence-corrected chi connectivity index (χ2v) is 8.10. The van der Waals surface area contributed by atoms with Crippen LogP contribution in [0.15, 0.2) is 55.0 Å². The van der Waals surface area contributed by atoms with Crippen molar-refractivity contribution in [3.63, 3.8) is 0 Å². The molecule has 2 aromatic heterocycles. The maximum Gasteiger partial charge on any atom is 0.276 e. The Balaban J connectivity index is 1.25. The van der Waals surface area contributed by atoms with Crippen LogP contribution in [0.4, 0.5) is 0 Å². The summed E-state index contributed by atoms with van der Waals surface area (Å²) in [5.41, 5.74) is 3.48. The second-order valence-electron chi connectivity index (χ2n) is 8.10. The first kappa shape index (κ1) is 19.4. The molecule has 158 valence electrons. The Kier molecular flexibility index (Phi) is 5.19. The molecule has 0 spiro atoms. The highest BCUT2D eigenvalue weighted by atomic mass is 16.2. The highest BCUT2D eigenvalue weighted by Crippen LogP contribution is 2.22. The van der Waals surface area contributed by atoms with Crippen LogP contribution in [0.2, 0.25) is 0 Å². The van der Waals surface area contributed by atoms with E-state index in [1.54, 1.807) is 35.4 Å². The maximum atomic E-state index is 13.0. The minimum absolute atomic E-state index is 0.00768. The smallest absolute Gasteiger partial charge is 0.276 e. The fraction of sp³-hybridized carbons (Fsp3) is 0.348. The van der Waals surface area contributed by atoms with E-state index in [2.05, 4.69) is 27.4 Å². The molecule has 0 radical (unpaired) electrons. The van der Waals surface area contributed by atoms with Gasteiger partial charge in [0.2, 0.25) is 0 Å². The summed E-state index contributed by atoms with van der Waals surface area (Å²) in [7, 11) is 0. The first-order valence-corrected chi connectivity index (χ1v) is 10.7. The van der Waals surface area contributed by atoms with E-state index >= 15 is 0 Å². The number of aromatic nitrogens is 4. The van der Waals surface area contributed by atoms with Gasteiger partial charge in [0.25, 0.3) is 11.8 Å². The van der Waals surface area contributed by atoms with Crippen molar-refractivity contribution in [2.75, 3.05) is 13.1 Å². The largest absolute Gasteiger partial charge is 0.334 e. The quantitative estimate of drug-likeness (QED) is 0.651. The molecule has 1 unspecified atom stereocenters. The normalized spacial score (nSPS) is 18.1. The Labute approximate surface area is 180 Å². The van der Waals surface area contributed by atoms with Crippen LogP contribution in [0.1, 0.15) is 44.8 Å². The molecule has 1 saturated heterocycles. The Hall–Kier alpha value is -3.55. The van der Waals surface area contributed by atoms with E-state index in [1.807, 2.05) is 21.9 Å². The zero-order valence-electron chi connectivity index (χ0n) is 17.2. The van der Waals surface area contributed by atoms with Crippen molar-refractivity contribution in [1.29, 1.82) is 0 Å². The monoisotopic (exact) mass is 416 g/mol. The Morgan fingerprint density at radius 2 is 1.81 bits per heavy atom. The Morgan fingerprint density at radius 3 is 2.65 bits per heavy atom. The lowest BCUT2D eigenvalue weighted by Gasteiger charge is -2.28. The van der Waals surface area contributed by atoms with Gasteiger partial charge in [0.05, 0.1) is 18.8 Å². The van der Waals surface area contributed by atoms with Gasteiger partial charge in [-0.05, 0) is 42.5 Å². The van der Waals surface area contributed by atoms with Crippen molar-refractivity contribution in [3.05, 3.63) is 77.4 Å². The van der Waals surface area contributed by atoms with Crippen molar-refractivity contribution < 1.29 is 9.59 Å². The van der Waals surface area contributed by atoms with Gasteiger partial charge in [-0.25, -0.2) is 4.68 Å². The first-order valence-electron chi connectivity index (χ1n) is 10.7. The average Bonchev–Trinajstić information content (AvgIpc) is 3.48. The van der Waals surface area contributed by atoms with E-state index in [1.165, 1.54) is 11.1 Å². The highest BCUT2D eigenvalue weighted by Gasteiger charge is 2.30. The number of pyridine rings is 1. The van der Waals surface area contributed by atoms with Crippen molar-refractivity contribution in [2.24, 2.45) is 0 Å². The molecule has 0 aliphatic carbocycles. The molecule has 2 aliphatic heterocycles. The summed E-state index contributed by atoms with van der Waals surface area (Å²) < 4.78 is 1.69. The number of hydrogen-bond acceptors (Lipinski definition) is 5. The molecular formula is C23H24N6O2. The first-order chi connectivity index (χ1) is 15.2. The Morgan fingerprint density at radius 1 is 1.00 bits per heavy atom. The molecule has 1 atom stereocenters. The molecular weight excluding hydrogens is 392 g/mol. The zero-order valence-corrected chi connectivity index (χ0v) is 17.2. The van der Waals surface area contributed by atoms with E-state index in [4.69, 9.17) is 0 Å². The number of likely N-dealkylation sites (tertiary alicyclic amines) is 1. The fourth-order valence-electron chi connectivity index (χ4n) is 4.49. The molecule has 31 heavy (non-hydrogen) atoms. The van der Waals surface area contributed by atoms with Gasteiger partial charge in [-0.1, -0.05) is 29.5 Å². The molecule has 0 bridgehead atoms. The number of fused-ring (bicyclic) bond motifs is 1. The predicted molar refractivity (Wildman–Crippen MR) is 113 cm³/mol. The third kappa shape index (κ3) is 3.93. The predicted octanol–water partition coefficient (Wildman–Crippen LogP) is 2.18. The highest BCUT2D eigenvalue weighted by molar-refractivity contribution is 5.94. The summed E-state index contributed by atoms with van der Waals surface area (Å²) >= 11 is 0. The Bertz CT molecular complexity index is 1100. The zero-order chi connectivity index (χ0) is 21.2. The van der Waals surface area contributed by atoms with E-state index < -0.39 is 0 Å². The third-order valence-electron chi connectivity index (χ3n) is 6.14. The number of nitrogens with zero attached hydrogens (tertiary/aromatic N) is 6. The lowest BCUT2D eigenvalue weighted by atomic mass is 10.00. The summed E-state index contributed by atoms with van der Waals surface area (Å²) in [6.45, 7) is 2.53. The van der Waals surface area contributed by atoms with Crippen LogP contribution in [0, 0.1) is 0 Å². The molecule has 8 nitrogen and oxygen atoms in total. The van der Waals surface area contributed by atoms with E-state index in [0.29, 0.717) is 30.9 Å². The topological polar surface area (TPSA) is 84.2 Å². The van der Waals surface area contributed by atoms with E-state index in [-0.39, 0.29) is 17.9 Å². The molecule has 3 aromatic rings. The van der Waals surface area contributed by atoms with Gasteiger partial charge in [0.15, 0.2) is 5.69 Å². The van der Waals surface area contributed by atoms with Crippen LogP contribution >= 0.6 is 0 Å².